The standard InChI is InChI=1S/C19H19F2NO4/c1-25-17-11-13(7-8-16(17)23)9-10-22-18(24)15(12-26-19(20)21)14-5-3-2-4-6-14/h2-8,11-12,19,23H,9-10H2,1H3,(H,22,24). The van der Waals surface area contributed by atoms with Gasteiger partial charge in [-0.2, -0.15) is 8.78 Å². The summed E-state index contributed by atoms with van der Waals surface area (Å²) in [4.78, 5) is 12.4. The Hall–Kier alpha value is -3.09. The number of carbonyl (C=O) groups excluding carboxylic acids is 1. The smallest absolute Gasteiger partial charge is 0.386 e. The maximum atomic E-state index is 12.4. The highest BCUT2D eigenvalue weighted by atomic mass is 19.3. The van der Waals surface area contributed by atoms with Crippen molar-refractivity contribution in [1.29, 1.82) is 0 Å². The Balaban J connectivity index is 2.02. The summed E-state index contributed by atoms with van der Waals surface area (Å²) in [6, 6.07) is 13.3. The van der Waals surface area contributed by atoms with Gasteiger partial charge < -0.3 is 19.9 Å². The molecule has 0 heterocycles. The number of benzene rings is 2. The van der Waals surface area contributed by atoms with E-state index in [1.165, 1.54) is 13.2 Å². The molecule has 7 heteroatoms. The van der Waals surface area contributed by atoms with Gasteiger partial charge in [0.1, 0.15) is 6.26 Å². The number of alkyl halides is 2. The lowest BCUT2D eigenvalue weighted by atomic mass is 10.1. The number of hydrogen-bond acceptors (Lipinski definition) is 4. The number of halogens is 2. The minimum absolute atomic E-state index is 0.00851. The molecule has 0 bridgehead atoms. The highest BCUT2D eigenvalue weighted by molar-refractivity contribution is 6.19. The Labute approximate surface area is 149 Å². The summed E-state index contributed by atoms with van der Waals surface area (Å²) in [5.74, 6) is -0.162. The molecule has 0 spiro atoms. The SMILES string of the molecule is COc1cc(CCNC(=O)C(=COC(F)F)c2ccccc2)ccc1O. The van der Waals surface area contributed by atoms with Crippen LogP contribution in [0.2, 0.25) is 0 Å². The van der Waals surface area contributed by atoms with Crippen LogP contribution in [-0.4, -0.2) is 31.3 Å². The van der Waals surface area contributed by atoms with Gasteiger partial charge in [0.2, 0.25) is 0 Å². The highest BCUT2D eigenvalue weighted by Gasteiger charge is 2.13. The third kappa shape index (κ3) is 5.47. The predicted molar refractivity (Wildman–Crippen MR) is 92.9 cm³/mol. The van der Waals surface area contributed by atoms with Crippen molar-refractivity contribution in [1.82, 2.24) is 5.32 Å². The van der Waals surface area contributed by atoms with E-state index in [9.17, 15) is 18.7 Å². The Kier molecular flexibility index (Phi) is 6.96. The molecule has 0 atom stereocenters. The Morgan fingerprint density at radius 3 is 2.62 bits per heavy atom. The fourth-order valence-corrected chi connectivity index (χ4v) is 2.28. The van der Waals surface area contributed by atoms with E-state index in [4.69, 9.17) is 4.74 Å². The number of carbonyl (C=O) groups is 1. The molecule has 0 unspecified atom stereocenters. The van der Waals surface area contributed by atoms with Gasteiger partial charge in [0.05, 0.1) is 12.7 Å². The van der Waals surface area contributed by atoms with Gasteiger partial charge in [-0.25, -0.2) is 0 Å². The van der Waals surface area contributed by atoms with Gasteiger partial charge >= 0.3 is 6.61 Å². The molecule has 0 aliphatic heterocycles. The predicted octanol–water partition coefficient (Wildman–Crippen LogP) is 3.34. The average molecular weight is 363 g/mol. The summed E-state index contributed by atoms with van der Waals surface area (Å²) >= 11 is 0. The second kappa shape index (κ2) is 9.41. The van der Waals surface area contributed by atoms with Gasteiger partial charge in [-0.15, -0.1) is 0 Å². The summed E-state index contributed by atoms with van der Waals surface area (Å²) in [7, 11) is 1.44. The number of phenolic OH excluding ortho intramolecular Hbond substituents is 1. The first kappa shape index (κ1) is 19.2. The van der Waals surface area contributed by atoms with Crippen molar-refractivity contribution in [3.63, 3.8) is 0 Å². The van der Waals surface area contributed by atoms with Crippen molar-refractivity contribution in [2.24, 2.45) is 0 Å². The van der Waals surface area contributed by atoms with Crippen molar-refractivity contribution >= 4 is 11.5 Å². The van der Waals surface area contributed by atoms with Crippen molar-refractivity contribution in [3.05, 3.63) is 65.9 Å². The Morgan fingerprint density at radius 2 is 1.96 bits per heavy atom. The number of amides is 1. The van der Waals surface area contributed by atoms with E-state index in [-0.39, 0.29) is 17.9 Å². The first-order valence-corrected chi connectivity index (χ1v) is 7.84. The molecule has 5 nitrogen and oxygen atoms in total. The van der Waals surface area contributed by atoms with E-state index in [0.717, 1.165) is 11.8 Å². The van der Waals surface area contributed by atoms with Crippen LogP contribution < -0.4 is 10.1 Å². The first-order valence-electron chi connectivity index (χ1n) is 7.84. The molecule has 2 N–H and O–H groups in total. The van der Waals surface area contributed by atoms with Gasteiger partial charge in [-0.1, -0.05) is 36.4 Å². The third-order valence-corrected chi connectivity index (χ3v) is 3.56. The summed E-state index contributed by atoms with van der Waals surface area (Å²) in [5.41, 5.74) is 1.32. The van der Waals surface area contributed by atoms with Crippen molar-refractivity contribution < 1.29 is 28.2 Å². The van der Waals surface area contributed by atoms with Crippen LogP contribution in [0.4, 0.5) is 8.78 Å². The van der Waals surface area contributed by atoms with Crippen LogP contribution in [-0.2, 0) is 16.0 Å². The number of aromatic hydroxyl groups is 1. The van der Waals surface area contributed by atoms with Gasteiger partial charge in [-0.3, -0.25) is 4.79 Å². The number of hydrogen-bond donors (Lipinski definition) is 2. The molecule has 138 valence electrons. The molecule has 2 aromatic rings. The molecule has 0 aliphatic rings. The summed E-state index contributed by atoms with van der Waals surface area (Å²) in [5, 5.41) is 12.2. The molecular weight excluding hydrogens is 344 g/mol. The summed E-state index contributed by atoms with van der Waals surface area (Å²) < 4.78 is 33.9. The fourth-order valence-electron chi connectivity index (χ4n) is 2.28. The molecule has 0 fully saturated rings. The molecule has 2 aromatic carbocycles. The minimum Gasteiger partial charge on any atom is -0.504 e. The third-order valence-electron chi connectivity index (χ3n) is 3.56. The Morgan fingerprint density at radius 1 is 1.23 bits per heavy atom. The number of rotatable bonds is 8. The zero-order valence-electron chi connectivity index (χ0n) is 14.1. The quantitative estimate of drug-likeness (QED) is 0.558. The van der Waals surface area contributed by atoms with Crippen LogP contribution in [0.5, 0.6) is 11.5 Å². The van der Waals surface area contributed by atoms with E-state index in [2.05, 4.69) is 10.1 Å². The minimum atomic E-state index is -3.01. The van der Waals surface area contributed by atoms with Gasteiger partial charge in [0, 0.05) is 6.54 Å². The first-order chi connectivity index (χ1) is 12.5. The molecule has 0 aliphatic carbocycles. The molecule has 26 heavy (non-hydrogen) atoms. The molecule has 0 saturated carbocycles. The van der Waals surface area contributed by atoms with E-state index < -0.39 is 12.5 Å². The fraction of sp³-hybridized carbons (Fsp3) is 0.211. The van der Waals surface area contributed by atoms with Gasteiger partial charge in [0.25, 0.3) is 5.91 Å². The van der Waals surface area contributed by atoms with Crippen LogP contribution in [0, 0.1) is 0 Å². The molecule has 0 saturated heterocycles. The van der Waals surface area contributed by atoms with Crippen molar-refractivity contribution in [2.75, 3.05) is 13.7 Å². The van der Waals surface area contributed by atoms with E-state index in [1.807, 2.05) is 0 Å². The number of ether oxygens (including phenoxy) is 2. The highest BCUT2D eigenvalue weighted by Crippen LogP contribution is 2.26. The van der Waals surface area contributed by atoms with Crippen LogP contribution in [0.15, 0.2) is 54.8 Å². The molecule has 1 amide bonds. The average Bonchev–Trinajstić information content (AvgIpc) is 2.64. The van der Waals surface area contributed by atoms with Crippen LogP contribution in [0.1, 0.15) is 11.1 Å². The second-order valence-electron chi connectivity index (χ2n) is 5.31. The lowest BCUT2D eigenvalue weighted by molar-refractivity contribution is -0.116. The van der Waals surface area contributed by atoms with E-state index in [0.29, 0.717) is 17.7 Å². The van der Waals surface area contributed by atoms with Crippen molar-refractivity contribution in [2.45, 2.75) is 13.0 Å². The molecule has 2 rings (SSSR count). The largest absolute Gasteiger partial charge is 0.504 e. The zero-order chi connectivity index (χ0) is 18.9. The number of methoxy groups -OCH3 is 1. The molecule has 0 radical (unpaired) electrons. The molecular formula is C19H19F2NO4. The second-order valence-corrected chi connectivity index (χ2v) is 5.31. The van der Waals surface area contributed by atoms with E-state index >= 15 is 0 Å². The summed E-state index contributed by atoms with van der Waals surface area (Å²) in [6.45, 7) is -2.74. The van der Waals surface area contributed by atoms with Crippen LogP contribution in [0.25, 0.3) is 5.57 Å². The van der Waals surface area contributed by atoms with Gasteiger partial charge in [0.15, 0.2) is 11.5 Å². The number of nitrogens with one attached hydrogen (secondary N) is 1. The monoisotopic (exact) mass is 363 g/mol. The summed E-state index contributed by atoms with van der Waals surface area (Å²) in [6.07, 6.45) is 1.24. The van der Waals surface area contributed by atoms with Crippen molar-refractivity contribution in [3.8, 4) is 11.5 Å². The van der Waals surface area contributed by atoms with Crippen LogP contribution >= 0.6 is 0 Å². The Bertz CT molecular complexity index is 763. The normalized spacial score (nSPS) is 11.3. The maximum absolute atomic E-state index is 12.4. The lowest BCUT2D eigenvalue weighted by Gasteiger charge is -2.11. The zero-order valence-corrected chi connectivity index (χ0v) is 14.1. The van der Waals surface area contributed by atoms with E-state index in [1.54, 1.807) is 42.5 Å². The number of phenols is 1. The maximum Gasteiger partial charge on any atom is 0.386 e. The topological polar surface area (TPSA) is 67.8 Å². The lowest BCUT2D eigenvalue weighted by Crippen LogP contribution is -2.26. The molecule has 0 aromatic heterocycles. The van der Waals surface area contributed by atoms with Gasteiger partial charge in [-0.05, 0) is 29.7 Å². The van der Waals surface area contributed by atoms with Crippen LogP contribution in [0.3, 0.4) is 0 Å².